The Morgan fingerprint density at radius 1 is 1.11 bits per heavy atom. The molecule has 1 amide bonds. The van der Waals surface area contributed by atoms with Gasteiger partial charge in [-0.05, 0) is 80.3 Å². The molecule has 45 heavy (non-hydrogen) atoms. The van der Waals surface area contributed by atoms with Crippen LogP contribution >= 0.6 is 0 Å². The molecule has 2 aliphatic heterocycles. The molecule has 0 bridgehead atoms. The lowest BCUT2D eigenvalue weighted by atomic mass is 9.84. The number of carbonyl (C=O) groups excluding carboxylic acids is 1. The lowest BCUT2D eigenvalue weighted by Gasteiger charge is -2.36. The second kappa shape index (κ2) is 12.5. The number of likely N-dealkylation sites (N-methyl/N-ethyl adjacent to an activating group) is 1. The van der Waals surface area contributed by atoms with E-state index in [1.54, 1.807) is 18.3 Å². The van der Waals surface area contributed by atoms with E-state index in [1.165, 1.54) is 4.31 Å². The van der Waals surface area contributed by atoms with Crippen LogP contribution in [-0.2, 0) is 27.9 Å². The average molecular weight is 632 g/mol. The minimum absolute atomic E-state index is 0.0147. The third kappa shape index (κ3) is 6.06. The van der Waals surface area contributed by atoms with E-state index in [-0.39, 0.29) is 54.3 Å². The van der Waals surface area contributed by atoms with Gasteiger partial charge in [0.05, 0.1) is 18.1 Å². The topological polar surface area (TPSA) is 123 Å². The number of aryl methyl sites for hydroxylation is 3. The number of nitrogens with one attached hydrogen (secondary N) is 1. The number of fused-ring (bicyclic) bond motifs is 2. The van der Waals surface area contributed by atoms with Gasteiger partial charge >= 0.3 is 0 Å². The number of pyridine rings is 1. The number of rotatable bonds is 9. The zero-order chi connectivity index (χ0) is 31.9. The minimum atomic E-state index is -3.87. The fourth-order valence-electron chi connectivity index (χ4n) is 6.41. The van der Waals surface area contributed by atoms with Crippen LogP contribution < -0.4 is 10.1 Å². The molecule has 12 heteroatoms. The van der Waals surface area contributed by atoms with E-state index in [4.69, 9.17) is 4.74 Å². The summed E-state index contributed by atoms with van der Waals surface area (Å²) in [6.07, 6.45) is 2.11. The van der Waals surface area contributed by atoms with Crippen molar-refractivity contribution in [2.75, 3.05) is 26.7 Å². The van der Waals surface area contributed by atoms with Crippen molar-refractivity contribution in [3.63, 3.8) is 0 Å². The molecule has 1 N–H and O–H groups in total. The Labute approximate surface area is 264 Å². The molecule has 11 nitrogen and oxygen atoms in total. The first kappa shape index (κ1) is 31.1. The Balaban J connectivity index is 1.38. The van der Waals surface area contributed by atoms with Crippen LogP contribution in [-0.4, -0.2) is 82.3 Å². The fourth-order valence-corrected chi connectivity index (χ4v) is 7.94. The molecule has 0 spiro atoms. The Morgan fingerprint density at radius 2 is 1.91 bits per heavy atom. The van der Waals surface area contributed by atoms with Crippen LogP contribution in [0.1, 0.15) is 60.4 Å². The first-order chi connectivity index (χ1) is 21.6. The lowest BCUT2D eigenvalue weighted by molar-refractivity contribution is -0.123. The average Bonchev–Trinajstić information content (AvgIpc) is 3.40. The van der Waals surface area contributed by atoms with E-state index < -0.39 is 10.0 Å². The number of carbonyl (C=O) groups is 1. The molecule has 2 aromatic heterocycles. The van der Waals surface area contributed by atoms with Crippen molar-refractivity contribution in [1.82, 2.24) is 34.5 Å². The molecule has 0 aliphatic carbocycles. The van der Waals surface area contributed by atoms with Gasteiger partial charge in [-0.3, -0.25) is 4.79 Å². The van der Waals surface area contributed by atoms with E-state index in [2.05, 4.69) is 43.7 Å². The highest BCUT2D eigenvalue weighted by Gasteiger charge is 2.35. The number of hydrogen-bond acceptors (Lipinski definition) is 8. The number of benzene rings is 2. The van der Waals surface area contributed by atoms with E-state index in [9.17, 15) is 13.2 Å². The van der Waals surface area contributed by atoms with Crippen LogP contribution in [0.25, 0.3) is 11.0 Å². The summed E-state index contributed by atoms with van der Waals surface area (Å²) in [7, 11) is -1.83. The summed E-state index contributed by atoms with van der Waals surface area (Å²) < 4.78 is 37.1. The quantitative estimate of drug-likeness (QED) is 0.296. The molecule has 1 saturated heterocycles. The number of amides is 1. The molecule has 2 aliphatic rings. The molecule has 0 radical (unpaired) electrons. The second-order valence-electron chi connectivity index (χ2n) is 12.2. The SMILES string of the molecule is CC[C@@H]1CN(Cc2cc(C(CC(=O)NC3CN(C)C3)c3ccc4c(nnn4CC)c3C)ccc2C)S(=O)(=O)c2cccnc2O1. The Hall–Kier alpha value is -3.87. The predicted octanol–water partition coefficient (Wildman–Crippen LogP) is 3.78. The number of ether oxygens (including phenoxy) is 1. The van der Waals surface area contributed by atoms with Gasteiger partial charge in [-0.15, -0.1) is 5.10 Å². The van der Waals surface area contributed by atoms with Gasteiger partial charge < -0.3 is 15.0 Å². The van der Waals surface area contributed by atoms with Gasteiger partial charge in [-0.1, -0.05) is 36.4 Å². The van der Waals surface area contributed by atoms with Crippen LogP contribution in [0.4, 0.5) is 0 Å². The minimum Gasteiger partial charge on any atom is -0.472 e. The van der Waals surface area contributed by atoms with Gasteiger partial charge in [0.2, 0.25) is 21.8 Å². The Bertz CT molecular complexity index is 1830. The number of aromatic nitrogens is 4. The van der Waals surface area contributed by atoms with Gasteiger partial charge in [0.1, 0.15) is 16.5 Å². The normalized spacial score (nSPS) is 19.4. The highest BCUT2D eigenvalue weighted by molar-refractivity contribution is 7.89. The highest BCUT2D eigenvalue weighted by atomic mass is 32.2. The second-order valence-corrected chi connectivity index (χ2v) is 14.1. The maximum absolute atomic E-state index is 13.9. The smallest absolute Gasteiger partial charge is 0.248 e. The number of hydrogen-bond donors (Lipinski definition) is 1. The summed E-state index contributed by atoms with van der Waals surface area (Å²) in [5.74, 6) is -0.137. The first-order valence-corrected chi connectivity index (χ1v) is 17.0. The van der Waals surface area contributed by atoms with Crippen molar-refractivity contribution in [1.29, 1.82) is 0 Å². The molecule has 2 atom stereocenters. The predicted molar refractivity (Wildman–Crippen MR) is 172 cm³/mol. The van der Waals surface area contributed by atoms with Crippen molar-refractivity contribution in [3.05, 3.63) is 76.5 Å². The third-order valence-electron chi connectivity index (χ3n) is 9.09. The summed E-state index contributed by atoms with van der Waals surface area (Å²) in [6, 6.07) is 13.5. The zero-order valence-electron chi connectivity index (χ0n) is 26.5. The zero-order valence-corrected chi connectivity index (χ0v) is 27.3. The summed E-state index contributed by atoms with van der Waals surface area (Å²) in [5.41, 5.74) is 6.55. The third-order valence-corrected chi connectivity index (χ3v) is 10.9. The molecule has 2 aromatic carbocycles. The standard InChI is InChI=1S/C33H41N7O4S/c1-6-26-20-39(45(42,43)30-9-8-14-34-33(30)44-26)17-24-15-23(11-10-21(24)3)28(16-31(41)35-25-18-38(5)19-25)27-12-13-29-32(22(27)4)36-37-40(29)7-2/h8-15,25-26,28H,6-7,16-20H2,1-5H3,(H,35,41)/t26-,28?/m1/s1. The molecule has 1 unspecified atom stereocenters. The molecule has 1 fully saturated rings. The lowest BCUT2D eigenvalue weighted by Crippen LogP contribution is -2.57. The van der Waals surface area contributed by atoms with Crippen molar-refractivity contribution in [3.8, 4) is 5.88 Å². The summed E-state index contributed by atoms with van der Waals surface area (Å²) in [5, 5.41) is 12.0. The molecule has 0 saturated carbocycles. The van der Waals surface area contributed by atoms with Gasteiger partial charge in [0.15, 0.2) is 0 Å². The van der Waals surface area contributed by atoms with Crippen molar-refractivity contribution in [2.24, 2.45) is 0 Å². The molecule has 238 valence electrons. The summed E-state index contributed by atoms with van der Waals surface area (Å²) in [4.78, 5) is 19.9. The van der Waals surface area contributed by atoms with Gasteiger partial charge in [0.25, 0.3) is 0 Å². The monoisotopic (exact) mass is 631 g/mol. The van der Waals surface area contributed by atoms with E-state index >= 15 is 0 Å². The molecule has 6 rings (SSSR count). The van der Waals surface area contributed by atoms with E-state index in [0.717, 1.165) is 51.9 Å². The van der Waals surface area contributed by atoms with E-state index in [0.29, 0.717) is 13.0 Å². The Morgan fingerprint density at radius 3 is 2.64 bits per heavy atom. The summed E-state index contributed by atoms with van der Waals surface area (Å²) in [6.45, 7) is 10.8. The van der Waals surface area contributed by atoms with Gasteiger partial charge in [0, 0.05) is 44.7 Å². The molecule has 4 aromatic rings. The largest absolute Gasteiger partial charge is 0.472 e. The van der Waals surface area contributed by atoms with E-state index in [1.807, 2.05) is 51.6 Å². The van der Waals surface area contributed by atoms with Crippen LogP contribution in [0.3, 0.4) is 0 Å². The van der Waals surface area contributed by atoms with Crippen LogP contribution in [0.15, 0.2) is 53.6 Å². The van der Waals surface area contributed by atoms with Crippen LogP contribution in [0.2, 0.25) is 0 Å². The maximum atomic E-state index is 13.9. The number of sulfonamides is 1. The van der Waals surface area contributed by atoms with Gasteiger partial charge in [-0.2, -0.15) is 4.31 Å². The molecular weight excluding hydrogens is 590 g/mol. The number of nitrogens with zero attached hydrogens (tertiary/aromatic N) is 6. The summed E-state index contributed by atoms with van der Waals surface area (Å²) >= 11 is 0. The molecule has 4 heterocycles. The van der Waals surface area contributed by atoms with Crippen molar-refractivity contribution < 1.29 is 17.9 Å². The number of likely N-dealkylation sites (tertiary alicyclic amines) is 1. The van der Waals surface area contributed by atoms with Crippen molar-refractivity contribution >= 4 is 27.0 Å². The maximum Gasteiger partial charge on any atom is 0.248 e. The van der Waals surface area contributed by atoms with Crippen molar-refractivity contribution in [2.45, 2.75) is 76.6 Å². The fraction of sp³-hybridized carbons (Fsp3) is 0.455. The first-order valence-electron chi connectivity index (χ1n) is 15.6. The van der Waals surface area contributed by atoms with Gasteiger partial charge in [-0.25, -0.2) is 18.1 Å². The van der Waals surface area contributed by atoms with Crippen LogP contribution in [0.5, 0.6) is 5.88 Å². The Kier molecular flexibility index (Phi) is 8.64. The highest BCUT2D eigenvalue weighted by Crippen LogP contribution is 2.36. The van der Waals surface area contributed by atoms with Crippen LogP contribution in [0, 0.1) is 13.8 Å². The molecular formula is C33H41N7O4S.